The van der Waals surface area contributed by atoms with E-state index in [0.29, 0.717) is 12.1 Å². The summed E-state index contributed by atoms with van der Waals surface area (Å²) in [5.41, 5.74) is 2.80. The molecule has 0 radical (unpaired) electrons. The highest BCUT2D eigenvalue weighted by Crippen LogP contribution is 2.27. The molecular weight excluding hydrogens is 282 g/mol. The van der Waals surface area contributed by atoms with E-state index in [1.54, 1.807) is 0 Å². The van der Waals surface area contributed by atoms with Crippen LogP contribution < -0.4 is 0 Å². The highest BCUT2D eigenvalue weighted by atomic mass is 16.5. The third-order valence-electron chi connectivity index (χ3n) is 4.95. The summed E-state index contributed by atoms with van der Waals surface area (Å²) in [5.74, 6) is 0. The van der Waals surface area contributed by atoms with Crippen molar-refractivity contribution in [1.82, 2.24) is 4.90 Å². The zero-order valence-electron chi connectivity index (χ0n) is 14.0. The number of hydrogen-bond acceptors (Lipinski definition) is 2. The van der Waals surface area contributed by atoms with Crippen molar-refractivity contribution >= 4 is 0 Å². The molecule has 0 spiro atoms. The van der Waals surface area contributed by atoms with E-state index < -0.39 is 0 Å². The zero-order valence-corrected chi connectivity index (χ0v) is 14.0. The normalized spacial score (nSPS) is 21.5. The van der Waals surface area contributed by atoms with Gasteiger partial charge in [0.05, 0.1) is 6.10 Å². The molecule has 3 rings (SSSR count). The molecule has 0 aromatic heterocycles. The molecule has 23 heavy (non-hydrogen) atoms. The van der Waals surface area contributed by atoms with Crippen LogP contribution in [0.4, 0.5) is 0 Å². The van der Waals surface area contributed by atoms with Crippen LogP contribution in [0.25, 0.3) is 0 Å². The number of methoxy groups -OCH3 is 1. The highest BCUT2D eigenvalue weighted by Gasteiger charge is 2.25. The molecule has 0 atom stereocenters. The van der Waals surface area contributed by atoms with Gasteiger partial charge >= 0.3 is 0 Å². The minimum atomic E-state index is 0.460. The number of nitrogens with zero attached hydrogens (tertiary/aromatic N) is 1. The van der Waals surface area contributed by atoms with Crippen molar-refractivity contribution in [3.63, 3.8) is 0 Å². The van der Waals surface area contributed by atoms with Gasteiger partial charge in [0.25, 0.3) is 0 Å². The van der Waals surface area contributed by atoms with Crippen LogP contribution in [0.5, 0.6) is 0 Å². The van der Waals surface area contributed by atoms with Gasteiger partial charge in [0.1, 0.15) is 0 Å². The van der Waals surface area contributed by atoms with Crippen LogP contribution in [0.15, 0.2) is 60.7 Å². The minimum absolute atomic E-state index is 0.460. The van der Waals surface area contributed by atoms with Crippen LogP contribution in [0.3, 0.4) is 0 Å². The van der Waals surface area contributed by atoms with Gasteiger partial charge in [-0.2, -0.15) is 0 Å². The summed E-state index contributed by atoms with van der Waals surface area (Å²) in [6, 6.07) is 22.3. The largest absolute Gasteiger partial charge is 0.381 e. The Bertz CT molecular complexity index is 519. The number of rotatable bonds is 6. The quantitative estimate of drug-likeness (QED) is 0.770. The van der Waals surface area contributed by atoms with E-state index in [0.717, 1.165) is 13.1 Å². The molecule has 0 saturated heterocycles. The molecule has 1 aliphatic carbocycles. The Morgan fingerprint density at radius 2 is 1.26 bits per heavy atom. The van der Waals surface area contributed by atoms with Crippen LogP contribution in [-0.2, 0) is 17.8 Å². The predicted octanol–water partition coefficient (Wildman–Crippen LogP) is 4.65. The lowest BCUT2D eigenvalue weighted by molar-refractivity contribution is 0.0341. The first kappa shape index (κ1) is 16.2. The fourth-order valence-electron chi connectivity index (χ4n) is 3.60. The van der Waals surface area contributed by atoms with Crippen molar-refractivity contribution in [2.75, 3.05) is 7.11 Å². The molecule has 2 aromatic carbocycles. The summed E-state index contributed by atoms with van der Waals surface area (Å²) in [6.45, 7) is 2.05. The van der Waals surface area contributed by atoms with Crippen molar-refractivity contribution in [2.45, 2.75) is 50.9 Å². The van der Waals surface area contributed by atoms with E-state index in [9.17, 15) is 0 Å². The maximum atomic E-state index is 5.54. The molecule has 0 amide bonds. The summed E-state index contributed by atoms with van der Waals surface area (Å²) < 4.78 is 5.54. The molecule has 122 valence electrons. The minimum Gasteiger partial charge on any atom is -0.381 e. The molecule has 0 unspecified atom stereocenters. The second-order valence-corrected chi connectivity index (χ2v) is 6.54. The van der Waals surface area contributed by atoms with Crippen LogP contribution in [0.2, 0.25) is 0 Å². The van der Waals surface area contributed by atoms with Gasteiger partial charge in [0, 0.05) is 26.2 Å². The first-order valence-corrected chi connectivity index (χ1v) is 8.70. The fraction of sp³-hybridized carbons (Fsp3) is 0.429. The number of benzene rings is 2. The molecular formula is C21H27NO. The van der Waals surface area contributed by atoms with Crippen LogP contribution >= 0.6 is 0 Å². The van der Waals surface area contributed by atoms with Gasteiger partial charge in [0.15, 0.2) is 0 Å². The van der Waals surface area contributed by atoms with Gasteiger partial charge in [-0.25, -0.2) is 0 Å². The first-order valence-electron chi connectivity index (χ1n) is 8.70. The molecule has 0 heterocycles. The highest BCUT2D eigenvalue weighted by molar-refractivity contribution is 5.17. The Labute approximate surface area is 140 Å². The van der Waals surface area contributed by atoms with Crippen molar-refractivity contribution in [1.29, 1.82) is 0 Å². The lowest BCUT2D eigenvalue weighted by Gasteiger charge is -2.36. The van der Waals surface area contributed by atoms with Gasteiger partial charge in [-0.1, -0.05) is 60.7 Å². The molecule has 2 aromatic rings. The summed E-state index contributed by atoms with van der Waals surface area (Å²) in [5, 5.41) is 0. The van der Waals surface area contributed by atoms with Crippen molar-refractivity contribution in [3.8, 4) is 0 Å². The Kier molecular flexibility index (Phi) is 5.84. The SMILES string of the molecule is CO[C@H]1CC[C@H](N(Cc2ccccc2)Cc2ccccc2)CC1. The molecule has 2 heteroatoms. The van der Waals surface area contributed by atoms with Crippen LogP contribution in [-0.4, -0.2) is 24.2 Å². The summed E-state index contributed by atoms with van der Waals surface area (Å²) in [4.78, 5) is 2.65. The first-order chi connectivity index (χ1) is 11.3. The molecule has 1 fully saturated rings. The van der Waals surface area contributed by atoms with Gasteiger partial charge in [-0.15, -0.1) is 0 Å². The van der Waals surface area contributed by atoms with E-state index in [-0.39, 0.29) is 0 Å². The Hall–Kier alpha value is -1.64. The number of ether oxygens (including phenoxy) is 1. The summed E-state index contributed by atoms with van der Waals surface area (Å²) in [6.07, 6.45) is 5.29. The fourth-order valence-corrected chi connectivity index (χ4v) is 3.60. The van der Waals surface area contributed by atoms with E-state index in [4.69, 9.17) is 4.74 Å². The van der Waals surface area contributed by atoms with Gasteiger partial charge in [0.2, 0.25) is 0 Å². The van der Waals surface area contributed by atoms with Gasteiger partial charge in [-0.05, 0) is 36.8 Å². The van der Waals surface area contributed by atoms with Gasteiger partial charge in [-0.3, -0.25) is 4.90 Å². The van der Waals surface area contributed by atoms with E-state index in [2.05, 4.69) is 65.6 Å². The van der Waals surface area contributed by atoms with E-state index in [1.165, 1.54) is 36.8 Å². The Balaban J connectivity index is 1.70. The van der Waals surface area contributed by atoms with Crippen LogP contribution in [0, 0.1) is 0 Å². The molecule has 1 aliphatic rings. The molecule has 2 nitrogen and oxygen atoms in total. The predicted molar refractivity (Wildman–Crippen MR) is 95.2 cm³/mol. The summed E-state index contributed by atoms with van der Waals surface area (Å²) >= 11 is 0. The molecule has 1 saturated carbocycles. The maximum absolute atomic E-state index is 5.54. The Morgan fingerprint density at radius 3 is 1.70 bits per heavy atom. The zero-order chi connectivity index (χ0) is 15.9. The lowest BCUT2D eigenvalue weighted by atomic mass is 9.91. The van der Waals surface area contributed by atoms with Crippen molar-refractivity contribution in [2.24, 2.45) is 0 Å². The molecule has 0 N–H and O–H groups in total. The summed E-state index contributed by atoms with van der Waals surface area (Å²) in [7, 11) is 1.84. The average molecular weight is 309 g/mol. The van der Waals surface area contributed by atoms with Crippen molar-refractivity contribution < 1.29 is 4.74 Å². The second kappa shape index (κ2) is 8.28. The van der Waals surface area contributed by atoms with Crippen molar-refractivity contribution in [3.05, 3.63) is 71.8 Å². The topological polar surface area (TPSA) is 12.5 Å². The standard InChI is InChI=1S/C21H27NO/c1-23-21-14-12-20(13-15-21)22(16-18-8-4-2-5-9-18)17-19-10-6-3-7-11-19/h2-11,20-21H,12-17H2,1H3/t20-,21-. The number of hydrogen-bond donors (Lipinski definition) is 0. The van der Waals surface area contributed by atoms with Crippen LogP contribution in [0.1, 0.15) is 36.8 Å². The van der Waals surface area contributed by atoms with Gasteiger partial charge < -0.3 is 4.74 Å². The van der Waals surface area contributed by atoms with E-state index >= 15 is 0 Å². The monoisotopic (exact) mass is 309 g/mol. The maximum Gasteiger partial charge on any atom is 0.0572 e. The molecule has 0 aliphatic heterocycles. The second-order valence-electron chi connectivity index (χ2n) is 6.54. The van der Waals surface area contributed by atoms with E-state index in [1.807, 2.05) is 7.11 Å². The molecule has 0 bridgehead atoms. The lowest BCUT2D eigenvalue weighted by Crippen LogP contribution is -2.38. The third kappa shape index (κ3) is 4.66. The average Bonchev–Trinajstić information content (AvgIpc) is 2.63. The smallest absolute Gasteiger partial charge is 0.0572 e. The Morgan fingerprint density at radius 1 is 0.783 bits per heavy atom. The third-order valence-corrected chi connectivity index (χ3v) is 4.95.